The Morgan fingerprint density at radius 1 is 1.06 bits per heavy atom. The van der Waals surface area contributed by atoms with Gasteiger partial charge in [-0.25, -0.2) is 0 Å². The summed E-state index contributed by atoms with van der Waals surface area (Å²) in [4.78, 5) is 0. The van der Waals surface area contributed by atoms with E-state index in [-0.39, 0.29) is 6.61 Å². The lowest BCUT2D eigenvalue weighted by Crippen LogP contribution is -2.21. The largest absolute Gasteiger partial charge is 0.392 e. The number of hydrogen-bond donors (Lipinski definition) is 1. The molecule has 0 spiro atoms. The molecule has 1 nitrogen and oxygen atoms in total. The van der Waals surface area contributed by atoms with Crippen molar-refractivity contribution in [3.05, 3.63) is 70.3 Å². The van der Waals surface area contributed by atoms with Crippen LogP contribution in [0.4, 0.5) is 0 Å². The lowest BCUT2D eigenvalue weighted by molar-refractivity contribution is 0.281. The number of benzene rings is 1. The van der Waals surface area contributed by atoms with Gasteiger partial charge in [-0.05, 0) is 27.8 Å². The predicted molar refractivity (Wildman–Crippen MR) is 73.9 cm³/mol. The Balaban J connectivity index is 2.05. The highest BCUT2D eigenvalue weighted by Gasteiger charge is 2.32. The molecule has 88 valence electrons. The first-order valence-electron chi connectivity index (χ1n) is 6.40. The molecule has 2 unspecified atom stereocenters. The van der Waals surface area contributed by atoms with E-state index >= 15 is 0 Å². The monoisotopic (exact) mass is 234 g/mol. The van der Waals surface area contributed by atoms with Crippen LogP contribution in [0, 0.1) is 5.92 Å². The fourth-order valence-corrected chi connectivity index (χ4v) is 3.35. The van der Waals surface area contributed by atoms with Gasteiger partial charge in [0.25, 0.3) is 0 Å². The average molecular weight is 234 g/mol. The second kappa shape index (κ2) is 3.56. The highest BCUT2D eigenvalue weighted by Crippen LogP contribution is 2.47. The van der Waals surface area contributed by atoms with Crippen molar-refractivity contribution in [2.24, 2.45) is 5.92 Å². The Morgan fingerprint density at radius 3 is 2.89 bits per heavy atom. The van der Waals surface area contributed by atoms with Gasteiger partial charge in [-0.3, -0.25) is 0 Å². The summed E-state index contributed by atoms with van der Waals surface area (Å²) in [5.74, 6) is 0.914. The number of aliphatic hydroxyl groups is 1. The van der Waals surface area contributed by atoms with Crippen LogP contribution in [0.2, 0.25) is 0 Å². The van der Waals surface area contributed by atoms with Crippen LogP contribution >= 0.6 is 0 Å². The van der Waals surface area contributed by atoms with E-state index < -0.39 is 0 Å². The normalized spacial score (nSPS) is 25.9. The second-order valence-corrected chi connectivity index (χ2v) is 5.10. The third kappa shape index (κ3) is 1.20. The van der Waals surface area contributed by atoms with Crippen LogP contribution < -0.4 is 0 Å². The number of allylic oxidation sites excluding steroid dienone is 6. The van der Waals surface area contributed by atoms with Crippen LogP contribution in [0.15, 0.2) is 48.1 Å². The zero-order chi connectivity index (χ0) is 12.1. The van der Waals surface area contributed by atoms with Gasteiger partial charge in [-0.1, -0.05) is 54.7 Å². The average Bonchev–Trinajstić information content (AvgIpc) is 2.44. The van der Waals surface area contributed by atoms with E-state index in [1.165, 1.54) is 22.3 Å². The number of hydrogen-bond acceptors (Lipinski definition) is 1. The van der Waals surface area contributed by atoms with Crippen molar-refractivity contribution in [3.8, 4) is 0 Å². The first-order chi connectivity index (χ1) is 8.88. The molecule has 3 aliphatic rings. The first-order valence-corrected chi connectivity index (χ1v) is 6.40. The maximum Gasteiger partial charge on any atom is 0.0687 e. The van der Waals surface area contributed by atoms with Crippen LogP contribution in [-0.4, -0.2) is 5.11 Å². The van der Waals surface area contributed by atoms with Crippen LogP contribution in [0.25, 0.3) is 12.2 Å². The summed E-state index contributed by atoms with van der Waals surface area (Å²) in [6.07, 6.45) is 15.5. The van der Waals surface area contributed by atoms with Gasteiger partial charge in [0.05, 0.1) is 6.61 Å². The van der Waals surface area contributed by atoms with Gasteiger partial charge in [0.2, 0.25) is 0 Å². The van der Waals surface area contributed by atoms with E-state index in [2.05, 4.69) is 48.6 Å². The van der Waals surface area contributed by atoms with Gasteiger partial charge in [0.15, 0.2) is 0 Å². The second-order valence-electron chi connectivity index (χ2n) is 5.10. The Kier molecular flexibility index (Phi) is 2.00. The minimum atomic E-state index is 0.114. The summed E-state index contributed by atoms with van der Waals surface area (Å²) in [5.41, 5.74) is 6.34. The molecule has 1 N–H and O–H groups in total. The first kappa shape index (κ1) is 10.1. The molecule has 0 fully saturated rings. The van der Waals surface area contributed by atoms with Crippen LogP contribution in [0.5, 0.6) is 0 Å². The third-order valence-corrected chi connectivity index (χ3v) is 4.20. The minimum Gasteiger partial charge on any atom is -0.392 e. The van der Waals surface area contributed by atoms with Gasteiger partial charge < -0.3 is 5.11 Å². The molecule has 0 radical (unpaired) electrons. The van der Waals surface area contributed by atoms with Crippen molar-refractivity contribution in [2.75, 3.05) is 0 Å². The molecule has 2 atom stereocenters. The maximum absolute atomic E-state index is 9.48. The summed E-state index contributed by atoms with van der Waals surface area (Å²) in [6.45, 7) is 0.114. The van der Waals surface area contributed by atoms with E-state index in [0.717, 1.165) is 5.56 Å². The fourth-order valence-electron chi connectivity index (χ4n) is 3.35. The Hall–Kier alpha value is -1.86. The molecule has 0 aromatic heterocycles. The molecule has 0 saturated carbocycles. The highest BCUT2D eigenvalue weighted by molar-refractivity contribution is 5.76. The molecular weight excluding hydrogens is 220 g/mol. The van der Waals surface area contributed by atoms with Crippen molar-refractivity contribution in [1.82, 2.24) is 0 Å². The highest BCUT2D eigenvalue weighted by atomic mass is 16.3. The van der Waals surface area contributed by atoms with Gasteiger partial charge in [0, 0.05) is 11.8 Å². The van der Waals surface area contributed by atoms with Crippen molar-refractivity contribution in [1.29, 1.82) is 0 Å². The van der Waals surface area contributed by atoms with Crippen molar-refractivity contribution in [2.45, 2.75) is 12.5 Å². The third-order valence-electron chi connectivity index (χ3n) is 4.20. The summed E-state index contributed by atoms with van der Waals surface area (Å²) < 4.78 is 0. The molecule has 3 aliphatic carbocycles. The number of rotatable bonds is 1. The number of aliphatic hydroxyl groups excluding tert-OH is 1. The molecule has 1 heteroatoms. The van der Waals surface area contributed by atoms with Crippen LogP contribution in [0.1, 0.15) is 28.2 Å². The standard InChI is InChI=1S/C17H14O/c18-10-14-7-6-13-5-4-11-2-1-3-12-8-9-15(14)17(13)16(11)12/h1-9,11,16,18H,10H2. The molecule has 0 aliphatic heterocycles. The molecule has 0 bridgehead atoms. The van der Waals surface area contributed by atoms with Crippen LogP contribution in [-0.2, 0) is 6.61 Å². The Labute approximate surface area is 106 Å². The van der Waals surface area contributed by atoms with Gasteiger partial charge in [-0.2, -0.15) is 0 Å². The summed E-state index contributed by atoms with van der Waals surface area (Å²) >= 11 is 0. The smallest absolute Gasteiger partial charge is 0.0687 e. The lowest BCUT2D eigenvalue weighted by Gasteiger charge is -2.35. The Bertz CT molecular complexity index is 644. The lowest BCUT2D eigenvalue weighted by atomic mass is 9.68. The van der Waals surface area contributed by atoms with Crippen molar-refractivity contribution < 1.29 is 5.11 Å². The molecule has 4 rings (SSSR count). The molecule has 0 saturated heterocycles. The van der Waals surface area contributed by atoms with Crippen LogP contribution in [0.3, 0.4) is 0 Å². The fraction of sp³-hybridized carbons (Fsp3) is 0.176. The molecular formula is C17H14O. The zero-order valence-corrected chi connectivity index (χ0v) is 10.0. The molecule has 18 heavy (non-hydrogen) atoms. The molecule has 1 aromatic carbocycles. The summed E-state index contributed by atoms with van der Waals surface area (Å²) in [7, 11) is 0. The SMILES string of the molecule is OCc1ccc2c3c1C=CC1=CC=CC(C=C2)C13. The molecule has 0 heterocycles. The minimum absolute atomic E-state index is 0.114. The van der Waals surface area contributed by atoms with Crippen molar-refractivity contribution >= 4 is 12.2 Å². The maximum atomic E-state index is 9.48. The Morgan fingerprint density at radius 2 is 2.00 bits per heavy atom. The van der Waals surface area contributed by atoms with E-state index in [9.17, 15) is 5.11 Å². The van der Waals surface area contributed by atoms with E-state index in [1.54, 1.807) is 0 Å². The molecule has 0 amide bonds. The predicted octanol–water partition coefficient (Wildman–Crippen LogP) is 3.43. The summed E-state index contributed by atoms with van der Waals surface area (Å²) in [6, 6.07) is 4.17. The van der Waals surface area contributed by atoms with Gasteiger partial charge in [0.1, 0.15) is 0 Å². The molecule has 1 aromatic rings. The van der Waals surface area contributed by atoms with E-state index in [4.69, 9.17) is 0 Å². The van der Waals surface area contributed by atoms with E-state index in [1.807, 2.05) is 6.07 Å². The summed E-state index contributed by atoms with van der Waals surface area (Å²) in [5, 5.41) is 9.48. The van der Waals surface area contributed by atoms with Crippen molar-refractivity contribution in [3.63, 3.8) is 0 Å². The topological polar surface area (TPSA) is 20.2 Å². The van der Waals surface area contributed by atoms with Gasteiger partial charge >= 0.3 is 0 Å². The van der Waals surface area contributed by atoms with Gasteiger partial charge in [-0.15, -0.1) is 0 Å². The van der Waals surface area contributed by atoms with E-state index in [0.29, 0.717) is 11.8 Å². The zero-order valence-electron chi connectivity index (χ0n) is 10.0. The quantitative estimate of drug-likeness (QED) is 0.789.